The van der Waals surface area contributed by atoms with Gasteiger partial charge < -0.3 is 19.3 Å². The van der Waals surface area contributed by atoms with Crippen LogP contribution < -0.4 is 0 Å². The fourth-order valence-corrected chi connectivity index (χ4v) is 6.42. The lowest BCUT2D eigenvalue weighted by atomic mass is 10.0. The topological polar surface area (TPSA) is 112 Å². The summed E-state index contributed by atoms with van der Waals surface area (Å²) >= 11 is 0. The van der Waals surface area contributed by atoms with E-state index in [2.05, 4.69) is 13.8 Å². The van der Waals surface area contributed by atoms with Crippen molar-refractivity contribution in [2.75, 3.05) is 39.6 Å². The molecule has 0 fully saturated rings. The summed E-state index contributed by atoms with van der Waals surface area (Å²) in [6, 6.07) is 0. The SMILES string of the molecule is CCCCCCCCCCCCCCCCOC(CCCCCCCCCCCCCCC)C(COS(=O)(=O)O)OCCOCCO. The van der Waals surface area contributed by atoms with Crippen LogP contribution in [0.25, 0.3) is 0 Å². The second-order valence-electron chi connectivity index (χ2n) is 13.5. The van der Waals surface area contributed by atoms with E-state index < -0.39 is 16.5 Å². The minimum Gasteiger partial charge on any atom is -0.394 e. The van der Waals surface area contributed by atoms with Crippen molar-refractivity contribution in [3.05, 3.63) is 0 Å². The Kier molecular flexibility index (Phi) is 36.7. The molecule has 0 spiro atoms. The van der Waals surface area contributed by atoms with Gasteiger partial charge in [-0.2, -0.15) is 8.42 Å². The zero-order valence-corrected chi connectivity index (χ0v) is 31.8. The lowest BCUT2D eigenvalue weighted by Crippen LogP contribution is -2.37. The summed E-state index contributed by atoms with van der Waals surface area (Å²) in [4.78, 5) is 0. The van der Waals surface area contributed by atoms with Crippen LogP contribution in [-0.2, 0) is 28.8 Å². The molecule has 284 valence electrons. The Labute approximate surface area is 291 Å². The molecule has 2 N–H and O–H groups in total. The first-order chi connectivity index (χ1) is 22.9. The van der Waals surface area contributed by atoms with Gasteiger partial charge in [-0.25, -0.2) is 4.18 Å². The Morgan fingerprint density at radius 3 is 1.26 bits per heavy atom. The van der Waals surface area contributed by atoms with Crippen molar-refractivity contribution in [3.63, 3.8) is 0 Å². The molecule has 2 unspecified atom stereocenters. The Balaban J connectivity index is 4.44. The Morgan fingerprint density at radius 2 is 0.851 bits per heavy atom. The third-order valence-electron chi connectivity index (χ3n) is 9.01. The number of hydrogen-bond acceptors (Lipinski definition) is 7. The molecular weight excluding hydrogens is 616 g/mol. The molecule has 47 heavy (non-hydrogen) atoms. The van der Waals surface area contributed by atoms with E-state index in [1.54, 1.807) is 0 Å². The van der Waals surface area contributed by atoms with Crippen molar-refractivity contribution in [2.45, 2.75) is 206 Å². The summed E-state index contributed by atoms with van der Waals surface area (Å²) in [7, 11) is -4.59. The van der Waals surface area contributed by atoms with E-state index in [9.17, 15) is 13.0 Å². The quantitative estimate of drug-likeness (QED) is 0.0481. The van der Waals surface area contributed by atoms with Gasteiger partial charge in [0.25, 0.3) is 0 Å². The fraction of sp³-hybridized carbons (Fsp3) is 1.00. The molecule has 9 heteroatoms. The summed E-state index contributed by atoms with van der Waals surface area (Å²) in [6.07, 6.45) is 34.6. The number of ether oxygens (including phenoxy) is 3. The van der Waals surface area contributed by atoms with Gasteiger partial charge in [0.2, 0.25) is 0 Å². The van der Waals surface area contributed by atoms with Gasteiger partial charge in [0.1, 0.15) is 6.10 Å². The highest BCUT2D eigenvalue weighted by Gasteiger charge is 2.25. The standard InChI is InChI=1S/C38H78O8S/c1-3-5-7-9-11-13-15-17-19-21-23-25-27-29-32-44-37(38(36-46-47(40,41)42)45-35-34-43-33-31-39)30-28-26-24-22-20-18-16-14-12-10-8-6-4-2/h37-39H,3-36H2,1-2H3,(H,40,41,42). The average molecular weight is 695 g/mol. The van der Waals surface area contributed by atoms with E-state index in [4.69, 9.17) is 23.5 Å². The van der Waals surface area contributed by atoms with Gasteiger partial charge in [-0.15, -0.1) is 0 Å². The summed E-state index contributed by atoms with van der Waals surface area (Å²) in [5.41, 5.74) is 0. The number of unbranched alkanes of at least 4 members (excludes halogenated alkanes) is 25. The van der Waals surface area contributed by atoms with Gasteiger partial charge in [-0.3, -0.25) is 4.55 Å². The zero-order valence-electron chi connectivity index (χ0n) is 30.9. The zero-order chi connectivity index (χ0) is 34.5. The third kappa shape index (κ3) is 36.8. The molecule has 0 aliphatic rings. The van der Waals surface area contributed by atoms with E-state index in [1.165, 1.54) is 148 Å². The van der Waals surface area contributed by atoms with Crippen LogP contribution in [0.2, 0.25) is 0 Å². The molecule has 2 atom stereocenters. The van der Waals surface area contributed by atoms with E-state index >= 15 is 0 Å². The van der Waals surface area contributed by atoms with E-state index in [1.807, 2.05) is 0 Å². The molecule has 0 saturated heterocycles. The fourth-order valence-electron chi connectivity index (χ4n) is 6.11. The van der Waals surface area contributed by atoms with E-state index in [0.29, 0.717) is 6.61 Å². The van der Waals surface area contributed by atoms with Crippen LogP contribution in [0.15, 0.2) is 0 Å². The lowest BCUT2D eigenvalue weighted by Gasteiger charge is -2.27. The van der Waals surface area contributed by atoms with Crippen LogP contribution in [-0.4, -0.2) is 69.9 Å². The van der Waals surface area contributed by atoms with Gasteiger partial charge in [-0.05, 0) is 12.8 Å². The summed E-state index contributed by atoms with van der Waals surface area (Å²) in [5, 5.41) is 8.95. The maximum absolute atomic E-state index is 11.4. The maximum atomic E-state index is 11.4. The van der Waals surface area contributed by atoms with Gasteiger partial charge in [0.05, 0.1) is 39.1 Å². The van der Waals surface area contributed by atoms with Crippen molar-refractivity contribution in [1.82, 2.24) is 0 Å². The van der Waals surface area contributed by atoms with Crippen molar-refractivity contribution < 1.29 is 36.5 Å². The minimum absolute atomic E-state index is 0.0702. The molecule has 0 aromatic carbocycles. The van der Waals surface area contributed by atoms with Gasteiger partial charge in [-0.1, -0.05) is 181 Å². The minimum atomic E-state index is -4.59. The molecular formula is C38H78O8S. The smallest absolute Gasteiger partial charge is 0.394 e. The average Bonchev–Trinajstić information content (AvgIpc) is 3.05. The molecule has 8 nitrogen and oxygen atoms in total. The van der Waals surface area contributed by atoms with Crippen LogP contribution >= 0.6 is 0 Å². The number of aliphatic hydroxyl groups excluding tert-OH is 1. The van der Waals surface area contributed by atoms with Crippen LogP contribution in [0.5, 0.6) is 0 Å². The molecule has 0 rings (SSSR count). The summed E-state index contributed by atoms with van der Waals surface area (Å²) in [5.74, 6) is 0. The molecule has 0 bridgehead atoms. The predicted molar refractivity (Wildman–Crippen MR) is 196 cm³/mol. The largest absolute Gasteiger partial charge is 0.397 e. The van der Waals surface area contributed by atoms with Crippen molar-refractivity contribution >= 4 is 10.4 Å². The Morgan fingerprint density at radius 1 is 0.468 bits per heavy atom. The molecule has 0 aromatic rings. The predicted octanol–water partition coefficient (Wildman–Crippen LogP) is 10.5. The molecule has 0 aromatic heterocycles. The first kappa shape index (κ1) is 46.7. The molecule has 0 amide bonds. The van der Waals surface area contributed by atoms with Crippen molar-refractivity contribution in [3.8, 4) is 0 Å². The molecule has 0 heterocycles. The molecule has 0 aliphatic heterocycles. The Hall–Kier alpha value is -0.290. The second-order valence-corrected chi connectivity index (χ2v) is 14.6. The monoisotopic (exact) mass is 695 g/mol. The van der Waals surface area contributed by atoms with Gasteiger partial charge in [0.15, 0.2) is 0 Å². The van der Waals surface area contributed by atoms with E-state index in [-0.39, 0.29) is 39.1 Å². The van der Waals surface area contributed by atoms with Crippen LogP contribution in [0, 0.1) is 0 Å². The third-order valence-corrected chi connectivity index (χ3v) is 9.45. The summed E-state index contributed by atoms with van der Waals surface area (Å²) in [6.45, 7) is 5.45. The summed E-state index contributed by atoms with van der Waals surface area (Å²) < 4.78 is 54.2. The van der Waals surface area contributed by atoms with Crippen LogP contribution in [0.3, 0.4) is 0 Å². The maximum Gasteiger partial charge on any atom is 0.397 e. The number of aliphatic hydroxyl groups is 1. The normalized spacial score (nSPS) is 13.4. The first-order valence-electron chi connectivity index (χ1n) is 20.0. The van der Waals surface area contributed by atoms with Crippen molar-refractivity contribution in [2.24, 2.45) is 0 Å². The highest BCUT2D eigenvalue weighted by atomic mass is 32.3. The molecule has 0 aliphatic carbocycles. The second kappa shape index (κ2) is 37.0. The Bertz CT molecular complexity index is 706. The number of rotatable bonds is 40. The highest BCUT2D eigenvalue weighted by Crippen LogP contribution is 2.19. The van der Waals surface area contributed by atoms with Crippen molar-refractivity contribution in [1.29, 1.82) is 0 Å². The van der Waals surface area contributed by atoms with Gasteiger partial charge in [0, 0.05) is 6.61 Å². The van der Waals surface area contributed by atoms with Gasteiger partial charge >= 0.3 is 10.4 Å². The highest BCUT2D eigenvalue weighted by molar-refractivity contribution is 7.80. The first-order valence-corrected chi connectivity index (χ1v) is 21.3. The number of hydrogen-bond donors (Lipinski definition) is 2. The van der Waals surface area contributed by atoms with Crippen LogP contribution in [0.1, 0.15) is 194 Å². The van der Waals surface area contributed by atoms with Crippen LogP contribution in [0.4, 0.5) is 0 Å². The lowest BCUT2D eigenvalue weighted by molar-refractivity contribution is -0.103. The van der Waals surface area contributed by atoms with E-state index in [0.717, 1.165) is 32.1 Å². The molecule has 0 saturated carbocycles. The molecule has 0 radical (unpaired) electrons.